The Balaban J connectivity index is 2.48. The summed E-state index contributed by atoms with van der Waals surface area (Å²) in [4.78, 5) is 24.8. The van der Waals surface area contributed by atoms with Gasteiger partial charge in [-0.1, -0.05) is 13.8 Å². The summed E-state index contributed by atoms with van der Waals surface area (Å²) in [5, 5.41) is 2.74. The smallest absolute Gasteiger partial charge is 0.239 e. The van der Waals surface area contributed by atoms with Crippen molar-refractivity contribution in [3.63, 3.8) is 0 Å². The van der Waals surface area contributed by atoms with E-state index < -0.39 is 0 Å². The topological polar surface area (TPSA) is 75.4 Å². The summed E-state index contributed by atoms with van der Waals surface area (Å²) < 4.78 is 0. The van der Waals surface area contributed by atoms with Crippen LogP contribution in [0.5, 0.6) is 0 Å². The van der Waals surface area contributed by atoms with E-state index in [-0.39, 0.29) is 30.3 Å². The first-order chi connectivity index (χ1) is 7.50. The monoisotopic (exact) mass is 227 g/mol. The zero-order valence-corrected chi connectivity index (χ0v) is 10.0. The maximum Gasteiger partial charge on any atom is 0.239 e. The SMILES string of the molecule is CC(C)C(N)CC(=O)N1CCCNC(=O)C1. The van der Waals surface area contributed by atoms with E-state index in [1.165, 1.54) is 0 Å². The number of rotatable bonds is 3. The Labute approximate surface area is 96.4 Å². The van der Waals surface area contributed by atoms with Crippen molar-refractivity contribution in [3.8, 4) is 0 Å². The van der Waals surface area contributed by atoms with Gasteiger partial charge >= 0.3 is 0 Å². The molecule has 0 saturated carbocycles. The number of carbonyl (C=O) groups is 2. The maximum absolute atomic E-state index is 11.9. The summed E-state index contributed by atoms with van der Waals surface area (Å²) in [6, 6.07) is -0.126. The molecule has 5 nitrogen and oxygen atoms in total. The molecule has 16 heavy (non-hydrogen) atoms. The Morgan fingerprint density at radius 2 is 2.25 bits per heavy atom. The van der Waals surface area contributed by atoms with Crippen LogP contribution in [-0.2, 0) is 9.59 Å². The molecule has 1 heterocycles. The molecular weight excluding hydrogens is 206 g/mol. The molecule has 0 aromatic rings. The van der Waals surface area contributed by atoms with Gasteiger partial charge in [-0.15, -0.1) is 0 Å². The van der Waals surface area contributed by atoms with Crippen molar-refractivity contribution >= 4 is 11.8 Å². The van der Waals surface area contributed by atoms with Gasteiger partial charge in [0.1, 0.15) is 0 Å². The first-order valence-electron chi connectivity index (χ1n) is 5.80. The third-order valence-corrected chi connectivity index (χ3v) is 2.88. The van der Waals surface area contributed by atoms with Gasteiger partial charge in [0.25, 0.3) is 0 Å². The lowest BCUT2D eigenvalue weighted by atomic mass is 10.0. The van der Waals surface area contributed by atoms with E-state index in [9.17, 15) is 9.59 Å². The van der Waals surface area contributed by atoms with Gasteiger partial charge < -0.3 is 16.0 Å². The Morgan fingerprint density at radius 3 is 2.88 bits per heavy atom. The molecule has 1 unspecified atom stereocenters. The Bertz CT molecular complexity index is 266. The lowest BCUT2D eigenvalue weighted by Gasteiger charge is -2.22. The maximum atomic E-state index is 11.9. The zero-order chi connectivity index (χ0) is 12.1. The fourth-order valence-corrected chi connectivity index (χ4v) is 1.59. The number of hydrogen-bond acceptors (Lipinski definition) is 3. The quantitative estimate of drug-likeness (QED) is 0.695. The van der Waals surface area contributed by atoms with Crippen LogP contribution in [0.1, 0.15) is 26.7 Å². The third-order valence-electron chi connectivity index (χ3n) is 2.88. The molecule has 0 radical (unpaired) electrons. The molecule has 0 aromatic heterocycles. The first kappa shape index (κ1) is 13.0. The van der Waals surface area contributed by atoms with Crippen LogP contribution in [0.4, 0.5) is 0 Å². The van der Waals surface area contributed by atoms with Gasteiger partial charge in [-0.05, 0) is 12.3 Å². The first-order valence-corrected chi connectivity index (χ1v) is 5.80. The fourth-order valence-electron chi connectivity index (χ4n) is 1.59. The molecule has 0 spiro atoms. The number of carbonyl (C=O) groups excluding carboxylic acids is 2. The number of amides is 2. The largest absolute Gasteiger partial charge is 0.354 e. The third kappa shape index (κ3) is 3.81. The van der Waals surface area contributed by atoms with Gasteiger partial charge in [0, 0.05) is 25.6 Å². The van der Waals surface area contributed by atoms with Crippen LogP contribution in [0.3, 0.4) is 0 Å². The van der Waals surface area contributed by atoms with E-state index in [2.05, 4.69) is 5.32 Å². The molecule has 0 aliphatic carbocycles. The van der Waals surface area contributed by atoms with Crippen molar-refractivity contribution in [1.82, 2.24) is 10.2 Å². The number of nitrogens with zero attached hydrogens (tertiary/aromatic N) is 1. The molecular formula is C11H21N3O2. The van der Waals surface area contributed by atoms with Crippen molar-refractivity contribution in [2.45, 2.75) is 32.7 Å². The summed E-state index contributed by atoms with van der Waals surface area (Å²) in [6.45, 7) is 5.45. The minimum Gasteiger partial charge on any atom is -0.354 e. The summed E-state index contributed by atoms with van der Waals surface area (Å²) in [5.74, 6) is 0.187. The minimum atomic E-state index is -0.126. The van der Waals surface area contributed by atoms with Crippen molar-refractivity contribution < 1.29 is 9.59 Å². The summed E-state index contributed by atoms with van der Waals surface area (Å²) in [6.07, 6.45) is 1.14. The van der Waals surface area contributed by atoms with E-state index in [0.717, 1.165) is 6.42 Å². The molecule has 92 valence electrons. The lowest BCUT2D eigenvalue weighted by molar-refractivity contribution is -0.135. The highest BCUT2D eigenvalue weighted by Gasteiger charge is 2.22. The predicted octanol–water partition coefficient (Wildman–Crippen LogP) is -0.292. The number of hydrogen-bond donors (Lipinski definition) is 2. The fraction of sp³-hybridized carbons (Fsp3) is 0.818. The molecule has 1 aliphatic heterocycles. The molecule has 5 heteroatoms. The molecule has 3 N–H and O–H groups in total. The van der Waals surface area contributed by atoms with Crippen LogP contribution in [0.25, 0.3) is 0 Å². The second kappa shape index (κ2) is 5.84. The lowest BCUT2D eigenvalue weighted by Crippen LogP contribution is -2.41. The predicted molar refractivity (Wildman–Crippen MR) is 61.6 cm³/mol. The average molecular weight is 227 g/mol. The molecule has 0 aromatic carbocycles. The standard InChI is InChI=1S/C11H21N3O2/c1-8(2)9(12)6-11(16)14-5-3-4-13-10(15)7-14/h8-9H,3-7,12H2,1-2H3,(H,13,15). The van der Waals surface area contributed by atoms with Crippen molar-refractivity contribution in [1.29, 1.82) is 0 Å². The second-order valence-electron chi connectivity index (χ2n) is 4.63. The van der Waals surface area contributed by atoms with Gasteiger partial charge in [-0.3, -0.25) is 9.59 Å². The van der Waals surface area contributed by atoms with Gasteiger partial charge in [0.05, 0.1) is 6.54 Å². The molecule has 1 saturated heterocycles. The highest BCUT2D eigenvalue weighted by Crippen LogP contribution is 2.07. The Kier molecular flexibility index (Phi) is 4.73. The van der Waals surface area contributed by atoms with Gasteiger partial charge in [0.15, 0.2) is 0 Å². The van der Waals surface area contributed by atoms with E-state index in [1.807, 2.05) is 13.8 Å². The van der Waals surface area contributed by atoms with E-state index in [0.29, 0.717) is 19.5 Å². The van der Waals surface area contributed by atoms with Crippen LogP contribution in [0.15, 0.2) is 0 Å². The highest BCUT2D eigenvalue weighted by molar-refractivity contribution is 5.85. The molecule has 1 aliphatic rings. The number of nitrogens with one attached hydrogen (secondary N) is 1. The van der Waals surface area contributed by atoms with Crippen molar-refractivity contribution in [2.75, 3.05) is 19.6 Å². The van der Waals surface area contributed by atoms with Gasteiger partial charge in [0.2, 0.25) is 11.8 Å². The Morgan fingerprint density at radius 1 is 1.56 bits per heavy atom. The summed E-state index contributed by atoms with van der Waals surface area (Å²) in [7, 11) is 0. The summed E-state index contributed by atoms with van der Waals surface area (Å²) in [5.41, 5.74) is 5.85. The van der Waals surface area contributed by atoms with Crippen molar-refractivity contribution in [3.05, 3.63) is 0 Å². The summed E-state index contributed by atoms with van der Waals surface area (Å²) >= 11 is 0. The molecule has 1 fully saturated rings. The van der Waals surface area contributed by atoms with E-state index in [4.69, 9.17) is 5.73 Å². The Hall–Kier alpha value is -1.10. The van der Waals surface area contributed by atoms with Crippen LogP contribution in [-0.4, -0.2) is 42.4 Å². The second-order valence-corrected chi connectivity index (χ2v) is 4.63. The molecule has 0 bridgehead atoms. The average Bonchev–Trinajstić information content (AvgIpc) is 2.42. The van der Waals surface area contributed by atoms with Crippen LogP contribution in [0.2, 0.25) is 0 Å². The van der Waals surface area contributed by atoms with E-state index >= 15 is 0 Å². The zero-order valence-electron chi connectivity index (χ0n) is 10.0. The molecule has 1 rings (SSSR count). The minimum absolute atomic E-state index is 0.0155. The normalized spacial score (nSPS) is 19.2. The van der Waals surface area contributed by atoms with Gasteiger partial charge in [-0.2, -0.15) is 0 Å². The highest BCUT2D eigenvalue weighted by atomic mass is 16.2. The van der Waals surface area contributed by atoms with Crippen molar-refractivity contribution in [2.24, 2.45) is 11.7 Å². The van der Waals surface area contributed by atoms with E-state index in [1.54, 1.807) is 4.90 Å². The van der Waals surface area contributed by atoms with Crippen LogP contribution < -0.4 is 11.1 Å². The van der Waals surface area contributed by atoms with Crippen LogP contribution in [0, 0.1) is 5.92 Å². The molecule has 2 amide bonds. The van der Waals surface area contributed by atoms with Crippen LogP contribution >= 0.6 is 0 Å². The van der Waals surface area contributed by atoms with Gasteiger partial charge in [-0.25, -0.2) is 0 Å². The molecule has 1 atom stereocenters. The number of nitrogens with two attached hydrogens (primary N) is 1.